The van der Waals surface area contributed by atoms with Crippen LogP contribution in [-0.2, 0) is 0 Å². The lowest BCUT2D eigenvalue weighted by Crippen LogP contribution is -2.49. The molecule has 2 N–H and O–H groups in total. The first-order valence-electron chi connectivity index (χ1n) is 5.62. The molecular formula is C11H19N. The highest BCUT2D eigenvalue weighted by molar-refractivity contribution is 5.00. The number of hydrogen-bond acceptors (Lipinski definition) is 1. The number of hydrogen-bond donors (Lipinski definition) is 1. The van der Waals surface area contributed by atoms with Crippen LogP contribution in [0.5, 0.6) is 0 Å². The Morgan fingerprint density at radius 2 is 1.67 bits per heavy atom. The molecule has 5 unspecified atom stereocenters. The Bertz CT molecular complexity index is 189. The van der Waals surface area contributed by atoms with E-state index < -0.39 is 0 Å². The van der Waals surface area contributed by atoms with Crippen molar-refractivity contribution in [2.24, 2.45) is 29.4 Å². The van der Waals surface area contributed by atoms with Gasteiger partial charge in [0.05, 0.1) is 0 Å². The molecule has 4 aliphatic rings. The van der Waals surface area contributed by atoms with Crippen molar-refractivity contribution >= 4 is 0 Å². The fourth-order valence-electron chi connectivity index (χ4n) is 4.32. The van der Waals surface area contributed by atoms with Gasteiger partial charge in [0.1, 0.15) is 0 Å². The minimum atomic E-state index is 0.572. The summed E-state index contributed by atoms with van der Waals surface area (Å²) in [5.41, 5.74) is 6.18. The zero-order valence-corrected chi connectivity index (χ0v) is 7.71. The maximum absolute atomic E-state index is 6.18. The van der Waals surface area contributed by atoms with Crippen LogP contribution in [0.25, 0.3) is 0 Å². The molecule has 2 bridgehead atoms. The molecule has 0 heterocycles. The Morgan fingerprint density at radius 3 is 2.50 bits per heavy atom. The second kappa shape index (κ2) is 2.47. The van der Waals surface area contributed by atoms with Crippen molar-refractivity contribution in [3.8, 4) is 0 Å². The van der Waals surface area contributed by atoms with E-state index in [2.05, 4.69) is 0 Å². The van der Waals surface area contributed by atoms with Gasteiger partial charge in [0, 0.05) is 6.04 Å². The van der Waals surface area contributed by atoms with Gasteiger partial charge in [0.15, 0.2) is 0 Å². The fourth-order valence-corrected chi connectivity index (χ4v) is 4.32. The number of nitrogens with two attached hydrogens (primary N) is 1. The average molecular weight is 165 g/mol. The van der Waals surface area contributed by atoms with Gasteiger partial charge in [0.25, 0.3) is 0 Å². The Kier molecular flexibility index (Phi) is 1.52. The predicted molar refractivity (Wildman–Crippen MR) is 49.6 cm³/mol. The second-order valence-corrected chi connectivity index (χ2v) is 5.16. The predicted octanol–water partition coefficient (Wildman–Crippen LogP) is 2.16. The minimum absolute atomic E-state index is 0.572. The third kappa shape index (κ3) is 0.834. The van der Waals surface area contributed by atoms with Crippen molar-refractivity contribution in [3.05, 3.63) is 0 Å². The summed E-state index contributed by atoms with van der Waals surface area (Å²) in [5.74, 6) is 4.09. The Labute approximate surface area is 74.7 Å². The summed E-state index contributed by atoms with van der Waals surface area (Å²) in [6.45, 7) is 0. The number of rotatable bonds is 0. The summed E-state index contributed by atoms with van der Waals surface area (Å²) >= 11 is 0. The first-order chi connectivity index (χ1) is 5.86. The van der Waals surface area contributed by atoms with E-state index in [1.807, 2.05) is 0 Å². The quantitative estimate of drug-likeness (QED) is 0.585. The van der Waals surface area contributed by atoms with Crippen LogP contribution in [0.2, 0.25) is 0 Å². The normalized spacial score (nSPS) is 57.2. The third-order valence-corrected chi connectivity index (χ3v) is 4.78. The summed E-state index contributed by atoms with van der Waals surface area (Å²) in [7, 11) is 0. The molecule has 5 atom stereocenters. The van der Waals surface area contributed by atoms with Crippen LogP contribution in [0, 0.1) is 23.7 Å². The van der Waals surface area contributed by atoms with Crippen LogP contribution in [0.15, 0.2) is 0 Å². The SMILES string of the molecule is NC1CC2CCC1C1CCCC21. The third-order valence-electron chi connectivity index (χ3n) is 4.78. The molecule has 0 radical (unpaired) electrons. The molecule has 4 aliphatic carbocycles. The van der Waals surface area contributed by atoms with Gasteiger partial charge in [-0.25, -0.2) is 0 Å². The van der Waals surface area contributed by atoms with Crippen molar-refractivity contribution in [1.29, 1.82) is 0 Å². The molecule has 1 heteroatoms. The van der Waals surface area contributed by atoms with E-state index in [0.717, 1.165) is 23.7 Å². The van der Waals surface area contributed by atoms with Gasteiger partial charge in [-0.2, -0.15) is 0 Å². The first kappa shape index (κ1) is 7.37. The molecule has 0 aromatic rings. The van der Waals surface area contributed by atoms with Gasteiger partial charge in [-0.1, -0.05) is 6.42 Å². The van der Waals surface area contributed by atoms with Gasteiger partial charge < -0.3 is 5.73 Å². The second-order valence-electron chi connectivity index (χ2n) is 5.16. The average Bonchev–Trinajstić information content (AvgIpc) is 2.53. The topological polar surface area (TPSA) is 26.0 Å². The monoisotopic (exact) mass is 165 g/mol. The Hall–Kier alpha value is -0.0400. The van der Waals surface area contributed by atoms with E-state index in [-0.39, 0.29) is 0 Å². The molecule has 1 nitrogen and oxygen atoms in total. The van der Waals surface area contributed by atoms with E-state index in [1.165, 1.54) is 38.5 Å². The smallest absolute Gasteiger partial charge is 0.00726 e. The fraction of sp³-hybridized carbons (Fsp3) is 1.00. The van der Waals surface area contributed by atoms with E-state index in [0.29, 0.717) is 6.04 Å². The van der Waals surface area contributed by atoms with Gasteiger partial charge >= 0.3 is 0 Å². The molecule has 0 saturated heterocycles. The zero-order valence-electron chi connectivity index (χ0n) is 7.71. The lowest BCUT2D eigenvalue weighted by molar-refractivity contribution is 0.0273. The van der Waals surface area contributed by atoms with E-state index in [9.17, 15) is 0 Å². The maximum atomic E-state index is 6.18. The molecule has 0 spiro atoms. The molecular weight excluding hydrogens is 146 g/mol. The van der Waals surface area contributed by atoms with Crippen LogP contribution in [0.3, 0.4) is 0 Å². The van der Waals surface area contributed by atoms with Crippen LogP contribution < -0.4 is 5.73 Å². The Balaban J connectivity index is 1.90. The maximum Gasteiger partial charge on any atom is 0.00726 e. The van der Waals surface area contributed by atoms with Gasteiger partial charge in [-0.05, 0) is 55.8 Å². The molecule has 12 heavy (non-hydrogen) atoms. The van der Waals surface area contributed by atoms with Crippen LogP contribution in [0.4, 0.5) is 0 Å². The first-order valence-corrected chi connectivity index (χ1v) is 5.62. The molecule has 0 aromatic carbocycles. The van der Waals surface area contributed by atoms with Crippen LogP contribution in [0.1, 0.15) is 38.5 Å². The van der Waals surface area contributed by atoms with Crippen molar-refractivity contribution in [3.63, 3.8) is 0 Å². The van der Waals surface area contributed by atoms with E-state index >= 15 is 0 Å². The summed E-state index contributed by atoms with van der Waals surface area (Å²) in [4.78, 5) is 0. The van der Waals surface area contributed by atoms with Gasteiger partial charge in [-0.15, -0.1) is 0 Å². The summed E-state index contributed by atoms with van der Waals surface area (Å²) in [6, 6.07) is 0.572. The van der Waals surface area contributed by atoms with Crippen LogP contribution in [-0.4, -0.2) is 6.04 Å². The molecule has 0 aromatic heterocycles. The minimum Gasteiger partial charge on any atom is -0.327 e. The van der Waals surface area contributed by atoms with Crippen molar-refractivity contribution < 1.29 is 0 Å². The summed E-state index contributed by atoms with van der Waals surface area (Å²) in [5, 5.41) is 0. The lowest BCUT2D eigenvalue weighted by atomic mass is 9.58. The van der Waals surface area contributed by atoms with Gasteiger partial charge in [0.2, 0.25) is 0 Å². The molecule has 4 fully saturated rings. The molecule has 4 rings (SSSR count). The van der Waals surface area contributed by atoms with Gasteiger partial charge in [-0.3, -0.25) is 0 Å². The van der Waals surface area contributed by atoms with Crippen molar-refractivity contribution in [1.82, 2.24) is 0 Å². The zero-order chi connectivity index (χ0) is 8.13. The van der Waals surface area contributed by atoms with Crippen molar-refractivity contribution in [2.45, 2.75) is 44.6 Å². The largest absolute Gasteiger partial charge is 0.327 e. The summed E-state index contributed by atoms with van der Waals surface area (Å²) < 4.78 is 0. The van der Waals surface area contributed by atoms with E-state index in [4.69, 9.17) is 5.73 Å². The highest BCUT2D eigenvalue weighted by atomic mass is 14.7. The molecule has 4 saturated carbocycles. The molecule has 0 amide bonds. The lowest BCUT2D eigenvalue weighted by Gasteiger charge is -2.49. The van der Waals surface area contributed by atoms with Crippen molar-refractivity contribution in [2.75, 3.05) is 0 Å². The summed E-state index contributed by atoms with van der Waals surface area (Å²) in [6.07, 6.45) is 8.82. The van der Waals surface area contributed by atoms with E-state index in [1.54, 1.807) is 0 Å². The van der Waals surface area contributed by atoms with Crippen LogP contribution >= 0.6 is 0 Å². The highest BCUT2D eigenvalue weighted by Crippen LogP contribution is 2.54. The molecule has 68 valence electrons. The Morgan fingerprint density at radius 1 is 0.833 bits per heavy atom. The highest BCUT2D eigenvalue weighted by Gasteiger charge is 2.48. The number of fused-ring (bicyclic) bond motifs is 2. The molecule has 0 aliphatic heterocycles. The standard InChI is InChI=1S/C11H19N/c12-11-6-7-4-5-10(11)9-3-1-2-8(7)9/h7-11H,1-6,12H2.